The van der Waals surface area contributed by atoms with Crippen LogP contribution < -0.4 is 5.32 Å². The Hall–Kier alpha value is -1.76. The second-order valence-corrected chi connectivity index (χ2v) is 15.3. The Morgan fingerprint density at radius 2 is 1.35 bits per heavy atom. The Morgan fingerprint density at radius 1 is 0.765 bits per heavy atom. The zero-order valence-corrected chi connectivity index (χ0v) is 33.9. The molecule has 1 amide bonds. The average Bonchev–Trinajstić information content (AvgIpc) is 3.13. The van der Waals surface area contributed by atoms with Crippen molar-refractivity contribution in [2.75, 3.05) is 57.5 Å². The molecule has 1 heterocycles. The average molecular weight is 737 g/mol. The minimum Gasteiger partial charge on any atom is -0.465 e. The summed E-state index contributed by atoms with van der Waals surface area (Å²) in [5.74, 6) is 6.06. The van der Waals surface area contributed by atoms with E-state index in [0.29, 0.717) is 31.1 Å². The fourth-order valence-corrected chi connectivity index (χ4v) is 7.19. The lowest BCUT2D eigenvalue weighted by molar-refractivity contribution is -0.155. The molecule has 0 aromatic rings. The number of nitrogens with zero attached hydrogens (tertiary/aromatic N) is 1. The van der Waals surface area contributed by atoms with Crippen molar-refractivity contribution in [2.45, 2.75) is 175 Å². The Morgan fingerprint density at radius 3 is 2.00 bits per heavy atom. The number of rotatable bonds is 33. The summed E-state index contributed by atoms with van der Waals surface area (Å²) in [4.78, 5) is 41.4. The first-order valence-corrected chi connectivity index (χ1v) is 22.1. The number of carbonyl (C=O) groups excluding carboxylic acids is 3. The third-order valence-electron chi connectivity index (χ3n) is 9.42. The van der Waals surface area contributed by atoms with Gasteiger partial charge in [0.05, 0.1) is 25.6 Å². The highest BCUT2D eigenvalue weighted by Gasteiger charge is 2.26. The third-order valence-corrected chi connectivity index (χ3v) is 10.6. The molecule has 1 rings (SSSR count). The van der Waals surface area contributed by atoms with Crippen LogP contribution in [0.2, 0.25) is 0 Å². The molecule has 0 spiro atoms. The molecular weight excluding hydrogens is 661 g/mol. The molecule has 0 radical (unpaired) electrons. The molecule has 1 unspecified atom stereocenters. The van der Waals surface area contributed by atoms with E-state index in [4.69, 9.17) is 14.2 Å². The number of hydrogen-bond acceptors (Lipinski definition) is 8. The monoisotopic (exact) mass is 737 g/mol. The smallest absolute Gasteiger partial charge is 0.310 e. The quantitative estimate of drug-likeness (QED) is 0.0405. The highest BCUT2D eigenvalue weighted by Crippen LogP contribution is 2.21. The summed E-state index contributed by atoms with van der Waals surface area (Å²) >= 11 is 1.52. The summed E-state index contributed by atoms with van der Waals surface area (Å²) in [6, 6.07) is 0. The van der Waals surface area contributed by atoms with Gasteiger partial charge in [0, 0.05) is 50.4 Å². The predicted molar refractivity (Wildman–Crippen MR) is 213 cm³/mol. The number of morpholine rings is 1. The van der Waals surface area contributed by atoms with E-state index < -0.39 is 5.92 Å². The maximum Gasteiger partial charge on any atom is 0.310 e. The van der Waals surface area contributed by atoms with Crippen molar-refractivity contribution in [1.29, 1.82) is 0 Å². The van der Waals surface area contributed by atoms with Crippen LogP contribution in [0.5, 0.6) is 0 Å². The van der Waals surface area contributed by atoms with E-state index in [2.05, 4.69) is 42.8 Å². The van der Waals surface area contributed by atoms with E-state index in [9.17, 15) is 14.4 Å². The first kappa shape index (κ1) is 47.3. The summed E-state index contributed by atoms with van der Waals surface area (Å²) in [6.07, 6.45) is 23.6. The van der Waals surface area contributed by atoms with Gasteiger partial charge >= 0.3 is 11.9 Å². The van der Waals surface area contributed by atoms with Gasteiger partial charge in [0.25, 0.3) is 0 Å². The SMILES string of the molecule is CCCCCCC#CCCOC(=O)CCSCC(CC(=O)NCCCN1CCOCC1)C(=O)OC(CCCCCCCC)CCCCCCCC. The summed E-state index contributed by atoms with van der Waals surface area (Å²) in [5, 5.41) is 3.04. The van der Waals surface area contributed by atoms with E-state index in [1.165, 1.54) is 95.2 Å². The van der Waals surface area contributed by atoms with Crippen molar-refractivity contribution in [1.82, 2.24) is 10.2 Å². The Bertz CT molecular complexity index is 901. The topological polar surface area (TPSA) is 94.2 Å². The van der Waals surface area contributed by atoms with Gasteiger partial charge in [-0.1, -0.05) is 110 Å². The molecule has 0 aromatic carbocycles. The van der Waals surface area contributed by atoms with Crippen molar-refractivity contribution in [3.8, 4) is 11.8 Å². The molecule has 1 saturated heterocycles. The van der Waals surface area contributed by atoms with Crippen LogP contribution in [-0.4, -0.2) is 86.4 Å². The lowest BCUT2D eigenvalue weighted by Gasteiger charge is -2.26. The van der Waals surface area contributed by atoms with Gasteiger partial charge in [-0.2, -0.15) is 11.8 Å². The van der Waals surface area contributed by atoms with E-state index in [-0.39, 0.29) is 36.8 Å². The van der Waals surface area contributed by atoms with Gasteiger partial charge < -0.3 is 19.5 Å². The van der Waals surface area contributed by atoms with Crippen LogP contribution >= 0.6 is 11.8 Å². The molecule has 1 fully saturated rings. The number of ether oxygens (including phenoxy) is 3. The number of thioether (sulfide) groups is 1. The summed E-state index contributed by atoms with van der Waals surface area (Å²) in [6.45, 7) is 11.9. The van der Waals surface area contributed by atoms with Gasteiger partial charge in [0.15, 0.2) is 0 Å². The number of amides is 1. The first-order valence-electron chi connectivity index (χ1n) is 21.0. The molecule has 51 heavy (non-hydrogen) atoms. The molecule has 0 aromatic heterocycles. The van der Waals surface area contributed by atoms with Crippen LogP contribution in [-0.2, 0) is 28.6 Å². The van der Waals surface area contributed by atoms with Gasteiger partial charge in [-0.25, -0.2) is 0 Å². The maximum absolute atomic E-state index is 13.7. The van der Waals surface area contributed by atoms with Gasteiger partial charge in [-0.15, -0.1) is 5.92 Å². The number of unbranched alkanes of at least 4 members (excludes halogenated alkanes) is 14. The minimum atomic E-state index is -0.547. The largest absolute Gasteiger partial charge is 0.465 e. The number of nitrogens with one attached hydrogen (secondary N) is 1. The van der Waals surface area contributed by atoms with Crippen molar-refractivity contribution in [3.63, 3.8) is 0 Å². The van der Waals surface area contributed by atoms with Gasteiger partial charge in [0.2, 0.25) is 5.91 Å². The molecule has 9 heteroatoms. The number of carbonyl (C=O) groups is 3. The van der Waals surface area contributed by atoms with Crippen molar-refractivity contribution in [3.05, 3.63) is 0 Å². The fraction of sp³-hybridized carbons (Fsp3) is 0.881. The van der Waals surface area contributed by atoms with Crippen LogP contribution in [0.25, 0.3) is 0 Å². The fourth-order valence-electron chi connectivity index (χ4n) is 6.17. The van der Waals surface area contributed by atoms with E-state index in [0.717, 1.165) is 77.8 Å². The van der Waals surface area contributed by atoms with E-state index in [1.807, 2.05) is 0 Å². The number of hydrogen-bond donors (Lipinski definition) is 1. The van der Waals surface area contributed by atoms with Crippen molar-refractivity contribution < 1.29 is 28.6 Å². The zero-order valence-electron chi connectivity index (χ0n) is 33.1. The molecule has 1 N–H and O–H groups in total. The van der Waals surface area contributed by atoms with Gasteiger partial charge in [-0.3, -0.25) is 19.3 Å². The molecule has 296 valence electrons. The Kier molecular flexibility index (Phi) is 32.7. The van der Waals surface area contributed by atoms with E-state index >= 15 is 0 Å². The molecule has 1 atom stereocenters. The first-order chi connectivity index (χ1) is 25.0. The normalized spacial score (nSPS) is 13.8. The molecule has 0 bridgehead atoms. The maximum atomic E-state index is 13.7. The van der Waals surface area contributed by atoms with Crippen LogP contribution in [0.15, 0.2) is 0 Å². The van der Waals surface area contributed by atoms with Crippen LogP contribution in [0.3, 0.4) is 0 Å². The number of esters is 2. The summed E-state index contributed by atoms with van der Waals surface area (Å²) in [7, 11) is 0. The third kappa shape index (κ3) is 29.4. The zero-order chi connectivity index (χ0) is 37.0. The summed E-state index contributed by atoms with van der Waals surface area (Å²) in [5.41, 5.74) is 0. The van der Waals surface area contributed by atoms with Gasteiger partial charge in [-0.05, 0) is 45.1 Å². The highest BCUT2D eigenvalue weighted by atomic mass is 32.2. The van der Waals surface area contributed by atoms with Crippen LogP contribution in [0, 0.1) is 17.8 Å². The Balaban J connectivity index is 2.64. The highest BCUT2D eigenvalue weighted by molar-refractivity contribution is 7.99. The molecular formula is C42H76N2O6S. The molecule has 8 nitrogen and oxygen atoms in total. The molecule has 1 aliphatic heterocycles. The van der Waals surface area contributed by atoms with Crippen LogP contribution in [0.1, 0.15) is 168 Å². The second-order valence-electron chi connectivity index (χ2n) is 14.2. The second kappa shape index (κ2) is 35.3. The lowest BCUT2D eigenvalue weighted by Crippen LogP contribution is -2.38. The molecule has 0 aliphatic carbocycles. The standard InChI is InChI=1S/C42H76N2O6S/c1-4-7-10-13-16-17-20-23-32-49-41(46)27-35-51-37-38(36-40(45)43-28-24-29-44-30-33-48-34-31-44)42(47)50-39(25-21-18-14-11-8-5-2)26-22-19-15-12-9-6-3/h38-39H,4-16,18-19,21-37H2,1-3H3,(H,43,45). The Labute approximate surface area is 317 Å². The predicted octanol–water partition coefficient (Wildman–Crippen LogP) is 9.27. The lowest BCUT2D eigenvalue weighted by atomic mass is 10.0. The van der Waals surface area contributed by atoms with Crippen molar-refractivity contribution >= 4 is 29.6 Å². The summed E-state index contributed by atoms with van der Waals surface area (Å²) < 4.78 is 17.0. The van der Waals surface area contributed by atoms with E-state index in [1.54, 1.807) is 0 Å². The van der Waals surface area contributed by atoms with Crippen molar-refractivity contribution in [2.24, 2.45) is 5.92 Å². The molecule has 1 aliphatic rings. The van der Waals surface area contributed by atoms with Crippen LogP contribution in [0.4, 0.5) is 0 Å². The minimum absolute atomic E-state index is 0.103. The van der Waals surface area contributed by atoms with Gasteiger partial charge in [0.1, 0.15) is 12.7 Å². The molecule has 0 saturated carbocycles.